The van der Waals surface area contributed by atoms with E-state index < -0.39 is 0 Å². The lowest BCUT2D eigenvalue weighted by atomic mass is 10.3. The summed E-state index contributed by atoms with van der Waals surface area (Å²) in [6.07, 6.45) is 4.78. The van der Waals surface area contributed by atoms with Crippen LogP contribution in [-0.2, 0) is 4.79 Å². The summed E-state index contributed by atoms with van der Waals surface area (Å²) >= 11 is 0. The Balaban J connectivity index is -0.000000131. The van der Waals surface area contributed by atoms with Crippen LogP contribution in [0.15, 0.2) is 0 Å². The van der Waals surface area contributed by atoms with Crippen LogP contribution in [0.3, 0.4) is 0 Å². The van der Waals surface area contributed by atoms with Crippen LogP contribution in [0.2, 0.25) is 0 Å². The Morgan fingerprint density at radius 1 is 1.15 bits per heavy atom. The maximum absolute atomic E-state index is 9.50. The van der Waals surface area contributed by atoms with Crippen molar-refractivity contribution in [1.82, 2.24) is 5.32 Å². The number of carbonyl (C=O) groups excluding carboxylic acids is 1. The zero-order valence-corrected chi connectivity index (χ0v) is 10.2. The standard InChI is InChI=1S/C5H12.C4H9NO.C2H6/c1-3-5-4-2;1-4(2)5-3-6;1-2/h3-5H2,1-2H3;3-4H,1-2H3,(H,5,6);1-2H3. The molecule has 0 fully saturated rings. The minimum atomic E-state index is 0.280. The van der Waals surface area contributed by atoms with Crippen molar-refractivity contribution in [3.63, 3.8) is 0 Å². The van der Waals surface area contributed by atoms with E-state index in [-0.39, 0.29) is 6.04 Å². The molecule has 0 radical (unpaired) electrons. The predicted octanol–water partition coefficient (Wildman–Crippen LogP) is 3.36. The van der Waals surface area contributed by atoms with Gasteiger partial charge in [-0.2, -0.15) is 0 Å². The van der Waals surface area contributed by atoms with Crippen LogP contribution >= 0.6 is 0 Å². The number of unbranched alkanes of at least 4 members (excludes halogenated alkanes) is 2. The highest BCUT2D eigenvalue weighted by atomic mass is 16.1. The van der Waals surface area contributed by atoms with E-state index in [1.807, 2.05) is 27.7 Å². The van der Waals surface area contributed by atoms with Gasteiger partial charge in [-0.25, -0.2) is 0 Å². The van der Waals surface area contributed by atoms with Gasteiger partial charge in [-0.3, -0.25) is 4.79 Å². The highest BCUT2D eigenvalue weighted by Crippen LogP contribution is 1.88. The lowest BCUT2D eigenvalue weighted by Crippen LogP contribution is -2.19. The van der Waals surface area contributed by atoms with Crippen LogP contribution in [0.4, 0.5) is 0 Å². The van der Waals surface area contributed by atoms with Gasteiger partial charge in [0.1, 0.15) is 0 Å². The highest BCUT2D eigenvalue weighted by molar-refractivity contribution is 5.46. The molecule has 0 atom stereocenters. The van der Waals surface area contributed by atoms with Crippen molar-refractivity contribution in [2.24, 2.45) is 0 Å². The Morgan fingerprint density at radius 3 is 1.54 bits per heavy atom. The Hall–Kier alpha value is -0.530. The topological polar surface area (TPSA) is 29.1 Å². The van der Waals surface area contributed by atoms with Gasteiger partial charge in [0.25, 0.3) is 0 Å². The van der Waals surface area contributed by atoms with Crippen molar-refractivity contribution < 1.29 is 4.79 Å². The van der Waals surface area contributed by atoms with Gasteiger partial charge in [0, 0.05) is 6.04 Å². The number of carbonyl (C=O) groups is 1. The Kier molecular flexibility index (Phi) is 31.7. The summed E-state index contributed by atoms with van der Waals surface area (Å²) in [6.45, 7) is 12.2. The molecule has 0 aliphatic heterocycles. The van der Waals surface area contributed by atoms with Gasteiger partial charge in [0.15, 0.2) is 0 Å². The van der Waals surface area contributed by atoms with Gasteiger partial charge in [-0.15, -0.1) is 0 Å². The van der Waals surface area contributed by atoms with E-state index in [0.717, 1.165) is 0 Å². The summed E-state index contributed by atoms with van der Waals surface area (Å²) in [7, 11) is 0. The van der Waals surface area contributed by atoms with Gasteiger partial charge < -0.3 is 5.32 Å². The zero-order chi connectivity index (χ0) is 11.1. The van der Waals surface area contributed by atoms with E-state index in [1.54, 1.807) is 0 Å². The molecular formula is C11H27NO. The zero-order valence-electron chi connectivity index (χ0n) is 10.2. The van der Waals surface area contributed by atoms with Gasteiger partial charge in [-0.1, -0.05) is 47.0 Å². The quantitative estimate of drug-likeness (QED) is 0.675. The van der Waals surface area contributed by atoms with Crippen molar-refractivity contribution in [3.05, 3.63) is 0 Å². The third kappa shape index (κ3) is 51.5. The van der Waals surface area contributed by atoms with Crippen molar-refractivity contribution in [3.8, 4) is 0 Å². The minimum Gasteiger partial charge on any atom is -0.357 e. The second kappa shape index (κ2) is 22.5. The highest BCUT2D eigenvalue weighted by Gasteiger charge is 1.81. The summed E-state index contributed by atoms with van der Waals surface area (Å²) < 4.78 is 0. The second-order valence-corrected chi connectivity index (χ2v) is 2.79. The molecule has 0 spiro atoms. The molecule has 0 unspecified atom stereocenters. The molecule has 1 N–H and O–H groups in total. The monoisotopic (exact) mass is 189 g/mol. The lowest BCUT2D eigenvalue weighted by molar-refractivity contribution is -0.109. The third-order valence-corrected chi connectivity index (χ3v) is 1.11. The summed E-state index contributed by atoms with van der Waals surface area (Å²) in [4.78, 5) is 9.50. The lowest BCUT2D eigenvalue weighted by Gasteiger charge is -1.96. The molecule has 1 amide bonds. The average molecular weight is 189 g/mol. The fraction of sp³-hybridized carbons (Fsp3) is 0.909. The van der Waals surface area contributed by atoms with Crippen molar-refractivity contribution >= 4 is 6.41 Å². The first kappa shape index (κ1) is 18.3. The third-order valence-electron chi connectivity index (χ3n) is 1.11. The molecule has 2 heteroatoms. The Morgan fingerprint density at radius 2 is 1.54 bits per heavy atom. The van der Waals surface area contributed by atoms with Gasteiger partial charge in [-0.05, 0) is 13.8 Å². The molecule has 13 heavy (non-hydrogen) atoms. The van der Waals surface area contributed by atoms with Crippen LogP contribution in [0.5, 0.6) is 0 Å². The van der Waals surface area contributed by atoms with Crippen molar-refractivity contribution in [1.29, 1.82) is 0 Å². The van der Waals surface area contributed by atoms with Gasteiger partial charge in [0.2, 0.25) is 6.41 Å². The van der Waals surface area contributed by atoms with Crippen molar-refractivity contribution in [2.45, 2.75) is 66.8 Å². The predicted molar refractivity (Wildman–Crippen MR) is 60.9 cm³/mol. The molecule has 0 bridgehead atoms. The Labute approximate surface area is 84.1 Å². The van der Waals surface area contributed by atoms with Crippen LogP contribution in [-0.4, -0.2) is 12.5 Å². The number of rotatable bonds is 4. The summed E-state index contributed by atoms with van der Waals surface area (Å²) in [5, 5.41) is 2.53. The fourth-order valence-corrected chi connectivity index (χ4v) is 0.490. The summed E-state index contributed by atoms with van der Waals surface area (Å²) in [5.41, 5.74) is 0. The van der Waals surface area contributed by atoms with E-state index in [9.17, 15) is 4.79 Å². The smallest absolute Gasteiger partial charge is 0.207 e. The van der Waals surface area contributed by atoms with E-state index in [1.165, 1.54) is 19.3 Å². The molecule has 0 aromatic heterocycles. The molecule has 0 aliphatic carbocycles. The first-order chi connectivity index (χ1) is 6.18. The van der Waals surface area contributed by atoms with Crippen LogP contribution in [0, 0.1) is 0 Å². The molecule has 0 rings (SSSR count). The van der Waals surface area contributed by atoms with Crippen LogP contribution < -0.4 is 5.32 Å². The molecule has 0 aliphatic rings. The normalized spacial score (nSPS) is 7.62. The number of amides is 1. The maximum atomic E-state index is 9.50. The van der Waals surface area contributed by atoms with Crippen molar-refractivity contribution in [2.75, 3.05) is 0 Å². The first-order valence-corrected chi connectivity index (χ1v) is 5.38. The number of hydrogen-bond donors (Lipinski definition) is 1. The largest absolute Gasteiger partial charge is 0.357 e. The summed E-state index contributed by atoms with van der Waals surface area (Å²) in [5.74, 6) is 0. The maximum Gasteiger partial charge on any atom is 0.207 e. The fourth-order valence-electron chi connectivity index (χ4n) is 0.490. The molecule has 0 aromatic rings. The van der Waals surface area contributed by atoms with E-state index in [2.05, 4.69) is 19.2 Å². The molecular weight excluding hydrogens is 162 g/mol. The molecule has 0 heterocycles. The average Bonchev–Trinajstić information content (AvgIpc) is 2.10. The molecule has 0 aromatic carbocycles. The number of nitrogens with one attached hydrogen (secondary N) is 1. The van der Waals surface area contributed by atoms with Gasteiger partial charge in [0.05, 0.1) is 0 Å². The molecule has 2 nitrogen and oxygen atoms in total. The minimum absolute atomic E-state index is 0.280. The second-order valence-electron chi connectivity index (χ2n) is 2.79. The summed E-state index contributed by atoms with van der Waals surface area (Å²) in [6, 6.07) is 0.280. The molecule has 0 saturated heterocycles. The first-order valence-electron chi connectivity index (χ1n) is 5.38. The number of hydrogen-bond acceptors (Lipinski definition) is 1. The molecule has 82 valence electrons. The Bertz CT molecular complexity index is 70.5. The van der Waals surface area contributed by atoms with E-state index in [4.69, 9.17) is 0 Å². The molecule has 0 saturated carbocycles. The SMILES string of the molecule is CC.CC(C)NC=O.CCCCC. The van der Waals surface area contributed by atoms with Crippen LogP contribution in [0.1, 0.15) is 60.8 Å². The van der Waals surface area contributed by atoms with E-state index >= 15 is 0 Å². The van der Waals surface area contributed by atoms with Crippen LogP contribution in [0.25, 0.3) is 0 Å². The van der Waals surface area contributed by atoms with E-state index in [0.29, 0.717) is 6.41 Å². The van der Waals surface area contributed by atoms with Gasteiger partial charge >= 0.3 is 0 Å².